The van der Waals surface area contributed by atoms with Crippen LogP contribution in [-0.4, -0.2) is 73.8 Å². The second kappa shape index (κ2) is 13.1. The maximum absolute atomic E-state index is 13.4. The summed E-state index contributed by atoms with van der Waals surface area (Å²) >= 11 is 0. The van der Waals surface area contributed by atoms with Crippen molar-refractivity contribution in [1.29, 1.82) is 0 Å². The van der Waals surface area contributed by atoms with Crippen molar-refractivity contribution in [2.75, 3.05) is 19.6 Å². The van der Waals surface area contributed by atoms with Gasteiger partial charge in [-0.3, -0.25) is 19.2 Å². The molecule has 37 heavy (non-hydrogen) atoms. The molecule has 1 aliphatic carbocycles. The van der Waals surface area contributed by atoms with Gasteiger partial charge in [-0.05, 0) is 51.9 Å². The number of carbonyl (C=O) groups is 2. The van der Waals surface area contributed by atoms with Gasteiger partial charge in [0.15, 0.2) is 0 Å². The fraction of sp³-hybridized carbons (Fsp3) is 0.815. The molecule has 3 heterocycles. The molecule has 0 aromatic carbocycles. The molecule has 2 aliphatic heterocycles. The van der Waals surface area contributed by atoms with Gasteiger partial charge in [0.25, 0.3) is 0 Å². The maximum atomic E-state index is 13.4. The lowest BCUT2D eigenvalue weighted by Crippen LogP contribution is -2.74. The molecule has 10 heteroatoms. The van der Waals surface area contributed by atoms with Gasteiger partial charge in [-0.2, -0.15) is 5.10 Å². The van der Waals surface area contributed by atoms with Gasteiger partial charge < -0.3 is 15.3 Å². The molecule has 0 bridgehead atoms. The first-order chi connectivity index (χ1) is 16.7. The number of hydrogen-bond donors (Lipinski definition) is 2. The molecule has 0 unspecified atom stereocenters. The fourth-order valence-corrected chi connectivity index (χ4v) is 6.41. The quantitative estimate of drug-likeness (QED) is 0.528. The number of piperazine rings is 1. The van der Waals surface area contributed by atoms with Crippen LogP contribution in [0.3, 0.4) is 0 Å². The smallest absolute Gasteiger partial charge is 0.248 e. The van der Waals surface area contributed by atoms with E-state index in [4.69, 9.17) is 5.10 Å². The van der Waals surface area contributed by atoms with Crippen LogP contribution in [0.5, 0.6) is 0 Å². The molecule has 4 rings (SSSR count). The largest absolute Gasteiger partial charge is 0.390 e. The first kappa shape index (κ1) is 31.9. The average Bonchev–Trinajstić information content (AvgIpc) is 3.13. The van der Waals surface area contributed by atoms with Gasteiger partial charge in [0.2, 0.25) is 11.8 Å². The molecule has 2 saturated heterocycles. The van der Waals surface area contributed by atoms with Crippen LogP contribution in [0.4, 0.5) is 0 Å². The lowest BCUT2D eigenvalue weighted by atomic mass is 9.80. The molecule has 1 saturated carbocycles. The number of nitrogens with zero attached hydrogens (tertiary/aromatic N) is 4. The third-order valence-corrected chi connectivity index (χ3v) is 8.69. The highest BCUT2D eigenvalue weighted by Gasteiger charge is 2.54. The Morgan fingerprint density at radius 2 is 1.70 bits per heavy atom. The summed E-state index contributed by atoms with van der Waals surface area (Å²) in [6.45, 7) is 13.0. The predicted molar refractivity (Wildman–Crippen MR) is 150 cm³/mol. The summed E-state index contributed by atoms with van der Waals surface area (Å²) in [6.07, 6.45) is 7.48. The Labute approximate surface area is 234 Å². The van der Waals surface area contributed by atoms with Crippen LogP contribution < -0.4 is 5.32 Å². The normalized spacial score (nSPS) is 23.5. The summed E-state index contributed by atoms with van der Waals surface area (Å²) in [4.78, 5) is 31.1. The van der Waals surface area contributed by atoms with Gasteiger partial charge in [0.1, 0.15) is 11.6 Å². The molecule has 3 fully saturated rings. The minimum absolute atomic E-state index is 0. The second-order valence-corrected chi connectivity index (χ2v) is 11.4. The second-order valence-electron chi connectivity index (χ2n) is 11.4. The van der Waals surface area contributed by atoms with Crippen molar-refractivity contribution in [1.82, 2.24) is 24.9 Å². The number of piperidine rings is 1. The lowest BCUT2D eigenvalue weighted by Gasteiger charge is -2.52. The van der Waals surface area contributed by atoms with Crippen LogP contribution in [0.25, 0.3) is 0 Å². The van der Waals surface area contributed by atoms with E-state index in [2.05, 4.69) is 28.7 Å². The number of hydrogen-bond acceptors (Lipinski definition) is 5. The lowest BCUT2D eigenvalue weighted by molar-refractivity contribution is -0.165. The van der Waals surface area contributed by atoms with Gasteiger partial charge in [0, 0.05) is 37.4 Å². The van der Waals surface area contributed by atoms with Gasteiger partial charge in [-0.1, -0.05) is 40.0 Å². The van der Waals surface area contributed by atoms with E-state index in [1.54, 1.807) is 4.90 Å². The van der Waals surface area contributed by atoms with E-state index < -0.39 is 17.7 Å². The van der Waals surface area contributed by atoms with E-state index in [9.17, 15) is 14.7 Å². The first-order valence-electron chi connectivity index (χ1n) is 13.8. The summed E-state index contributed by atoms with van der Waals surface area (Å²) in [6, 6.07) is -0.330. The van der Waals surface area contributed by atoms with Crippen LogP contribution in [0, 0.1) is 19.8 Å². The van der Waals surface area contributed by atoms with Gasteiger partial charge in [0.05, 0.1) is 17.8 Å². The highest BCUT2D eigenvalue weighted by Crippen LogP contribution is 2.36. The number of carbonyl (C=O) groups excluding carboxylic acids is 2. The van der Waals surface area contributed by atoms with E-state index in [-0.39, 0.29) is 42.5 Å². The SMILES string of the molecule is CCCN1C(=O)[C@@H]([C@H](O)C(C)C)NC(=O)C12CCN(Cc1c(C)nn(C3CCCCC3)c1C)CC2.Cl.Cl. The first-order valence-corrected chi connectivity index (χ1v) is 13.8. The number of amides is 2. The van der Waals surface area contributed by atoms with Crippen LogP contribution in [0.1, 0.15) is 95.1 Å². The van der Waals surface area contributed by atoms with E-state index in [0.717, 1.165) is 31.7 Å². The molecule has 0 radical (unpaired) electrons. The van der Waals surface area contributed by atoms with E-state index in [1.165, 1.54) is 43.4 Å². The maximum Gasteiger partial charge on any atom is 0.248 e. The summed E-state index contributed by atoms with van der Waals surface area (Å²) < 4.78 is 2.27. The molecule has 2 atom stereocenters. The molecule has 8 nitrogen and oxygen atoms in total. The van der Waals surface area contributed by atoms with Crippen molar-refractivity contribution in [3.63, 3.8) is 0 Å². The zero-order valence-electron chi connectivity index (χ0n) is 23.2. The molecule has 2 N–H and O–H groups in total. The zero-order chi connectivity index (χ0) is 25.3. The van der Waals surface area contributed by atoms with Gasteiger partial charge in [-0.15, -0.1) is 24.8 Å². The summed E-state index contributed by atoms with van der Waals surface area (Å²) in [5, 5.41) is 18.4. The Morgan fingerprint density at radius 1 is 1.08 bits per heavy atom. The monoisotopic (exact) mass is 559 g/mol. The van der Waals surface area contributed by atoms with Crippen molar-refractivity contribution < 1.29 is 14.7 Å². The van der Waals surface area contributed by atoms with Gasteiger partial charge >= 0.3 is 0 Å². The fourth-order valence-electron chi connectivity index (χ4n) is 6.41. The Bertz CT molecular complexity index is 923. The molecule has 1 spiro atoms. The number of halogens is 2. The topological polar surface area (TPSA) is 90.7 Å². The highest BCUT2D eigenvalue weighted by molar-refractivity contribution is 6.00. The van der Waals surface area contributed by atoms with Crippen molar-refractivity contribution >= 4 is 36.6 Å². The number of likely N-dealkylation sites (tertiary alicyclic amines) is 1. The van der Waals surface area contributed by atoms with Crippen molar-refractivity contribution in [2.45, 2.75) is 116 Å². The molecule has 2 amide bonds. The Kier molecular flexibility index (Phi) is 11.3. The number of aliphatic hydroxyl groups excluding tert-OH is 1. The molecular formula is C27H47Cl2N5O3. The minimum Gasteiger partial charge on any atom is -0.390 e. The molecule has 212 valence electrons. The van der Waals surface area contributed by atoms with E-state index >= 15 is 0 Å². The number of rotatable bonds is 7. The Balaban J connectivity index is 0.00000241. The molecule has 1 aromatic rings. The van der Waals surface area contributed by atoms with Crippen molar-refractivity contribution in [3.05, 3.63) is 17.0 Å². The van der Waals surface area contributed by atoms with Crippen molar-refractivity contribution in [2.24, 2.45) is 5.92 Å². The van der Waals surface area contributed by atoms with Crippen LogP contribution in [0.15, 0.2) is 0 Å². The minimum atomic E-state index is -0.880. The molecule has 3 aliphatic rings. The van der Waals surface area contributed by atoms with E-state index in [0.29, 0.717) is 25.4 Å². The molecular weight excluding hydrogens is 513 g/mol. The summed E-state index contributed by atoms with van der Waals surface area (Å²) in [5.41, 5.74) is 2.88. The average molecular weight is 561 g/mol. The number of aryl methyl sites for hydroxylation is 1. The summed E-state index contributed by atoms with van der Waals surface area (Å²) in [7, 11) is 0. The standard InChI is InChI=1S/C27H45N5O3.2ClH/c1-6-14-31-25(34)23(24(33)18(2)3)28-26(35)27(31)12-15-30(16-13-27)17-22-19(4)29-32(20(22)5)21-10-8-7-9-11-21;;/h18,21,23-24,33H,6-17H2,1-5H3,(H,28,35);2*1H/t23-,24-;;/m1../s1. The van der Waals surface area contributed by atoms with Gasteiger partial charge in [-0.25, -0.2) is 0 Å². The zero-order valence-corrected chi connectivity index (χ0v) is 24.8. The third kappa shape index (κ3) is 6.13. The highest BCUT2D eigenvalue weighted by atomic mass is 35.5. The number of aliphatic hydroxyl groups is 1. The van der Waals surface area contributed by atoms with E-state index in [1.807, 2.05) is 20.8 Å². The third-order valence-electron chi connectivity index (χ3n) is 8.69. The number of aromatic nitrogens is 2. The molecule has 1 aromatic heterocycles. The van der Waals surface area contributed by atoms with Crippen LogP contribution in [-0.2, 0) is 16.1 Å². The van der Waals surface area contributed by atoms with Crippen LogP contribution in [0.2, 0.25) is 0 Å². The Morgan fingerprint density at radius 3 is 2.27 bits per heavy atom. The van der Waals surface area contributed by atoms with Crippen molar-refractivity contribution in [3.8, 4) is 0 Å². The van der Waals surface area contributed by atoms with Crippen LogP contribution >= 0.6 is 24.8 Å². The summed E-state index contributed by atoms with van der Waals surface area (Å²) in [5.74, 6) is -0.349. The predicted octanol–water partition coefficient (Wildman–Crippen LogP) is 3.94. The Hall–Kier alpha value is -1.35. The number of nitrogens with one attached hydrogen (secondary N) is 1.